The molecule has 0 atom stereocenters. The minimum Gasteiger partial charge on any atom is -0.395 e. The monoisotopic (exact) mass is 235 g/mol. The summed E-state index contributed by atoms with van der Waals surface area (Å²) in [6.45, 7) is 1.86. The van der Waals surface area contributed by atoms with Crippen molar-refractivity contribution in [2.75, 3.05) is 5.73 Å². The number of hydrogen-bond donors (Lipinski definition) is 1. The first kappa shape index (κ1) is 6.73. The Morgan fingerprint density at radius 3 is 2.67 bits per heavy atom. The van der Waals surface area contributed by atoms with E-state index >= 15 is 0 Å². The van der Waals surface area contributed by atoms with Crippen LogP contribution in [0.15, 0.2) is 6.33 Å². The molecule has 0 aromatic carbocycles. The lowest BCUT2D eigenvalue weighted by atomic mass is 10.4. The van der Waals surface area contributed by atoms with Gasteiger partial charge in [-0.25, -0.2) is 9.97 Å². The highest BCUT2D eigenvalue weighted by Crippen LogP contribution is 2.12. The van der Waals surface area contributed by atoms with E-state index in [1.807, 2.05) is 6.92 Å². The molecular formula is C5H6IN3. The molecule has 0 unspecified atom stereocenters. The highest BCUT2D eigenvalue weighted by atomic mass is 127. The maximum absolute atomic E-state index is 5.55. The van der Waals surface area contributed by atoms with Crippen molar-refractivity contribution < 1.29 is 0 Å². The average Bonchev–Trinajstić information content (AvgIpc) is 1.83. The third-order valence-electron chi connectivity index (χ3n) is 1.03. The van der Waals surface area contributed by atoms with Crippen LogP contribution in [0.5, 0.6) is 0 Å². The van der Waals surface area contributed by atoms with Crippen molar-refractivity contribution in [1.29, 1.82) is 0 Å². The number of aryl methyl sites for hydroxylation is 1. The fourth-order valence-corrected chi connectivity index (χ4v) is 0.969. The van der Waals surface area contributed by atoms with Crippen molar-refractivity contribution in [3.63, 3.8) is 0 Å². The maximum atomic E-state index is 5.55. The third kappa shape index (κ3) is 1.29. The van der Waals surface area contributed by atoms with Gasteiger partial charge < -0.3 is 5.73 Å². The molecule has 0 saturated carbocycles. The van der Waals surface area contributed by atoms with Gasteiger partial charge >= 0.3 is 0 Å². The summed E-state index contributed by atoms with van der Waals surface area (Å²) in [4.78, 5) is 7.79. The molecule has 1 aromatic heterocycles. The van der Waals surface area contributed by atoms with Crippen molar-refractivity contribution >= 4 is 28.3 Å². The summed E-state index contributed by atoms with van der Waals surface area (Å²) in [5, 5.41) is 0. The van der Waals surface area contributed by atoms with Crippen molar-refractivity contribution in [1.82, 2.24) is 9.97 Å². The van der Waals surface area contributed by atoms with Crippen molar-refractivity contribution in [2.24, 2.45) is 0 Å². The fraction of sp³-hybridized carbons (Fsp3) is 0.200. The number of nitrogen functional groups attached to an aromatic ring is 1. The van der Waals surface area contributed by atoms with Crippen LogP contribution in [0, 0.1) is 10.6 Å². The zero-order valence-electron chi connectivity index (χ0n) is 4.93. The van der Waals surface area contributed by atoms with E-state index in [4.69, 9.17) is 5.73 Å². The first-order chi connectivity index (χ1) is 4.22. The van der Waals surface area contributed by atoms with Crippen LogP contribution in [0.25, 0.3) is 0 Å². The van der Waals surface area contributed by atoms with Crippen LogP contribution in [0.3, 0.4) is 0 Å². The summed E-state index contributed by atoms with van der Waals surface area (Å²) in [6, 6.07) is 0. The SMILES string of the molecule is Cc1ncnc(I)c1N. The number of halogens is 1. The summed E-state index contributed by atoms with van der Waals surface area (Å²) >= 11 is 2.07. The molecule has 0 aliphatic heterocycles. The highest BCUT2D eigenvalue weighted by Gasteiger charge is 1.97. The van der Waals surface area contributed by atoms with Crippen LogP contribution in [0.2, 0.25) is 0 Å². The molecule has 1 aromatic rings. The Kier molecular flexibility index (Phi) is 1.84. The minimum absolute atomic E-state index is 0.679. The summed E-state index contributed by atoms with van der Waals surface area (Å²) < 4.78 is 0.820. The first-order valence-corrected chi connectivity index (χ1v) is 3.52. The van der Waals surface area contributed by atoms with Gasteiger partial charge in [-0.3, -0.25) is 0 Å². The smallest absolute Gasteiger partial charge is 0.127 e. The van der Waals surface area contributed by atoms with Gasteiger partial charge in [0.1, 0.15) is 10.0 Å². The molecule has 1 heterocycles. The molecule has 48 valence electrons. The van der Waals surface area contributed by atoms with Crippen LogP contribution in [-0.2, 0) is 0 Å². The third-order valence-corrected chi connectivity index (χ3v) is 1.89. The van der Waals surface area contributed by atoms with E-state index in [0.29, 0.717) is 5.69 Å². The molecule has 3 nitrogen and oxygen atoms in total. The number of anilines is 1. The van der Waals surface area contributed by atoms with E-state index in [0.717, 1.165) is 9.39 Å². The molecule has 0 radical (unpaired) electrons. The molecule has 0 aliphatic rings. The van der Waals surface area contributed by atoms with Crippen LogP contribution >= 0.6 is 22.6 Å². The van der Waals surface area contributed by atoms with Gasteiger partial charge in [0.15, 0.2) is 0 Å². The predicted molar refractivity (Wildman–Crippen MR) is 43.9 cm³/mol. The quantitative estimate of drug-likeness (QED) is 0.538. The van der Waals surface area contributed by atoms with E-state index in [-0.39, 0.29) is 0 Å². The topological polar surface area (TPSA) is 51.8 Å². The van der Waals surface area contributed by atoms with Gasteiger partial charge in [-0.1, -0.05) is 0 Å². The molecule has 0 spiro atoms. The molecule has 0 amide bonds. The molecule has 9 heavy (non-hydrogen) atoms. The van der Waals surface area contributed by atoms with Gasteiger partial charge in [-0.15, -0.1) is 0 Å². The van der Waals surface area contributed by atoms with E-state index < -0.39 is 0 Å². The van der Waals surface area contributed by atoms with E-state index in [1.54, 1.807) is 0 Å². The summed E-state index contributed by atoms with van der Waals surface area (Å²) in [6.07, 6.45) is 1.51. The molecule has 4 heteroatoms. The van der Waals surface area contributed by atoms with Crippen molar-refractivity contribution in [3.8, 4) is 0 Å². The number of nitrogens with zero attached hydrogens (tertiary/aromatic N) is 2. The van der Waals surface area contributed by atoms with Crippen LogP contribution in [0.4, 0.5) is 5.69 Å². The lowest BCUT2D eigenvalue weighted by molar-refractivity contribution is 1.08. The molecule has 0 bridgehead atoms. The summed E-state index contributed by atoms with van der Waals surface area (Å²) in [5.41, 5.74) is 7.07. The largest absolute Gasteiger partial charge is 0.395 e. The Morgan fingerprint density at radius 1 is 1.56 bits per heavy atom. The zero-order valence-corrected chi connectivity index (χ0v) is 7.08. The average molecular weight is 235 g/mol. The van der Waals surface area contributed by atoms with Gasteiger partial charge in [-0.05, 0) is 29.5 Å². The van der Waals surface area contributed by atoms with Gasteiger partial charge in [-0.2, -0.15) is 0 Å². The number of aromatic nitrogens is 2. The van der Waals surface area contributed by atoms with E-state index in [2.05, 4.69) is 32.6 Å². The Morgan fingerprint density at radius 2 is 2.22 bits per heavy atom. The van der Waals surface area contributed by atoms with Crippen LogP contribution in [-0.4, -0.2) is 9.97 Å². The Labute approximate surface area is 66.8 Å². The Hall–Kier alpha value is -0.390. The predicted octanol–water partition coefficient (Wildman–Crippen LogP) is 0.972. The van der Waals surface area contributed by atoms with Gasteiger partial charge in [0, 0.05) is 0 Å². The molecule has 0 fully saturated rings. The molecule has 1 rings (SSSR count). The number of rotatable bonds is 0. The van der Waals surface area contributed by atoms with Crippen LogP contribution in [0.1, 0.15) is 5.69 Å². The van der Waals surface area contributed by atoms with Crippen LogP contribution < -0.4 is 5.73 Å². The van der Waals surface area contributed by atoms with Crippen molar-refractivity contribution in [2.45, 2.75) is 6.92 Å². The zero-order chi connectivity index (χ0) is 6.85. The second kappa shape index (κ2) is 2.47. The Bertz CT molecular complexity index is 203. The molecular weight excluding hydrogens is 229 g/mol. The van der Waals surface area contributed by atoms with E-state index in [9.17, 15) is 0 Å². The van der Waals surface area contributed by atoms with Gasteiger partial charge in [0.25, 0.3) is 0 Å². The lowest BCUT2D eigenvalue weighted by Gasteiger charge is -1.97. The summed E-state index contributed by atoms with van der Waals surface area (Å²) in [5.74, 6) is 0. The fourth-order valence-electron chi connectivity index (χ4n) is 0.455. The van der Waals surface area contributed by atoms with Crippen molar-refractivity contribution in [3.05, 3.63) is 15.7 Å². The molecule has 0 saturated heterocycles. The van der Waals surface area contributed by atoms with Gasteiger partial charge in [0.05, 0.1) is 11.4 Å². The maximum Gasteiger partial charge on any atom is 0.127 e. The second-order valence-corrected chi connectivity index (χ2v) is 2.69. The molecule has 2 N–H and O–H groups in total. The molecule has 0 aliphatic carbocycles. The first-order valence-electron chi connectivity index (χ1n) is 2.44. The van der Waals surface area contributed by atoms with Gasteiger partial charge in [0.2, 0.25) is 0 Å². The minimum atomic E-state index is 0.679. The standard InChI is InChI=1S/C5H6IN3/c1-3-4(7)5(6)9-2-8-3/h2H,7H2,1H3. The lowest BCUT2D eigenvalue weighted by Crippen LogP contribution is -1.97. The normalized spacial score (nSPS) is 9.56. The Balaban J connectivity index is 3.25. The number of hydrogen-bond acceptors (Lipinski definition) is 3. The van der Waals surface area contributed by atoms with E-state index in [1.165, 1.54) is 6.33 Å². The summed E-state index contributed by atoms with van der Waals surface area (Å²) in [7, 11) is 0. The highest BCUT2D eigenvalue weighted by molar-refractivity contribution is 14.1. The second-order valence-electron chi connectivity index (χ2n) is 1.66. The number of nitrogens with two attached hydrogens (primary N) is 1.